The number of hydrogen-bond donors (Lipinski definition) is 1. The Morgan fingerprint density at radius 2 is 1.77 bits per heavy atom. The van der Waals surface area contributed by atoms with Gasteiger partial charge in [0.2, 0.25) is 5.88 Å². The first-order valence-electron chi connectivity index (χ1n) is 12.1. The van der Waals surface area contributed by atoms with E-state index in [1.807, 2.05) is 18.4 Å². The molecule has 4 aromatic rings. The Balaban J connectivity index is 1.71. The normalized spacial score (nSPS) is 17.6. The van der Waals surface area contributed by atoms with Gasteiger partial charge < -0.3 is 19.4 Å². The average Bonchev–Trinajstić information content (AvgIpc) is 3.52. The molecule has 1 spiro atoms. The number of anilines is 2. The van der Waals surface area contributed by atoms with Crippen LogP contribution in [-0.4, -0.2) is 40.6 Å². The van der Waals surface area contributed by atoms with Crippen molar-refractivity contribution in [1.82, 2.24) is 14.5 Å². The van der Waals surface area contributed by atoms with Crippen LogP contribution in [0.3, 0.4) is 0 Å². The molecule has 0 radical (unpaired) electrons. The SMILES string of the molecule is COc1cc(OC)c(-c2nc3c(n2C(C)C)C2(C(=O)Nc4cc(Cl)ccc42)N(c2cccc(Cl)c2)C3=O)cn1. The number of pyridine rings is 1. The van der Waals surface area contributed by atoms with Crippen LogP contribution in [-0.2, 0) is 10.3 Å². The zero-order valence-electron chi connectivity index (χ0n) is 21.5. The van der Waals surface area contributed by atoms with Crippen molar-refractivity contribution in [3.63, 3.8) is 0 Å². The number of hydrogen-bond acceptors (Lipinski definition) is 6. The molecule has 39 heavy (non-hydrogen) atoms. The first-order valence-corrected chi connectivity index (χ1v) is 12.9. The zero-order chi connectivity index (χ0) is 27.6. The quantitative estimate of drug-likeness (QED) is 0.334. The molecule has 0 fully saturated rings. The third-order valence-corrected chi connectivity index (χ3v) is 7.51. The van der Waals surface area contributed by atoms with Gasteiger partial charge in [-0.2, -0.15) is 0 Å². The van der Waals surface area contributed by atoms with Gasteiger partial charge in [-0.25, -0.2) is 9.97 Å². The van der Waals surface area contributed by atoms with E-state index in [0.717, 1.165) is 0 Å². The molecule has 2 aliphatic heterocycles. The Morgan fingerprint density at radius 1 is 1.00 bits per heavy atom. The minimum absolute atomic E-state index is 0.148. The van der Waals surface area contributed by atoms with Gasteiger partial charge >= 0.3 is 0 Å². The second-order valence-corrected chi connectivity index (χ2v) is 10.4. The molecule has 0 aliphatic carbocycles. The fraction of sp³-hybridized carbons (Fsp3) is 0.214. The van der Waals surface area contributed by atoms with E-state index in [4.69, 9.17) is 37.7 Å². The maximum Gasteiger partial charge on any atom is 0.280 e. The molecule has 2 amide bonds. The third kappa shape index (κ3) is 3.46. The molecule has 1 N–H and O–H groups in total. The van der Waals surface area contributed by atoms with Crippen LogP contribution in [0.1, 0.15) is 41.6 Å². The number of methoxy groups -OCH3 is 2. The summed E-state index contributed by atoms with van der Waals surface area (Å²) in [6.07, 6.45) is 1.59. The molecule has 2 aliphatic rings. The molecular weight excluding hydrogens is 541 g/mol. The van der Waals surface area contributed by atoms with Gasteiger partial charge in [-0.3, -0.25) is 14.5 Å². The van der Waals surface area contributed by atoms with Gasteiger partial charge in [-0.05, 0) is 44.2 Å². The lowest BCUT2D eigenvalue weighted by atomic mass is 9.87. The van der Waals surface area contributed by atoms with Gasteiger partial charge in [0.1, 0.15) is 11.6 Å². The Kier molecular flexibility index (Phi) is 5.82. The third-order valence-electron chi connectivity index (χ3n) is 7.04. The molecule has 2 aromatic carbocycles. The summed E-state index contributed by atoms with van der Waals surface area (Å²) in [7, 11) is 3.05. The van der Waals surface area contributed by atoms with Crippen molar-refractivity contribution >= 4 is 46.4 Å². The van der Waals surface area contributed by atoms with Crippen molar-refractivity contribution in [1.29, 1.82) is 0 Å². The standard InChI is InChI=1S/C28H23Cl2N5O4/c1-14(2)34-24-23(33-25(34)18-13-31-22(39-4)12-21(18)38-3)26(36)35(17-7-5-6-15(29)10-17)28(24)19-9-8-16(30)11-20(19)32-27(28)37/h5-14H,1-4H3,(H,32,37). The fourth-order valence-corrected chi connectivity index (χ4v) is 5.86. The van der Waals surface area contributed by atoms with Crippen molar-refractivity contribution in [2.24, 2.45) is 0 Å². The van der Waals surface area contributed by atoms with Crippen LogP contribution < -0.4 is 19.7 Å². The molecule has 11 heteroatoms. The Labute approximate surface area is 234 Å². The number of aromatic nitrogens is 3. The summed E-state index contributed by atoms with van der Waals surface area (Å²) in [4.78, 5) is 39.2. The highest BCUT2D eigenvalue weighted by Crippen LogP contribution is 2.54. The van der Waals surface area contributed by atoms with E-state index in [-0.39, 0.29) is 11.7 Å². The van der Waals surface area contributed by atoms with Crippen LogP contribution in [0.5, 0.6) is 11.6 Å². The first-order chi connectivity index (χ1) is 18.7. The second kappa shape index (κ2) is 9.00. The lowest BCUT2D eigenvalue weighted by Gasteiger charge is -2.35. The van der Waals surface area contributed by atoms with Crippen molar-refractivity contribution in [3.8, 4) is 23.0 Å². The predicted molar refractivity (Wildman–Crippen MR) is 148 cm³/mol. The number of carbonyl (C=O) groups excluding carboxylic acids is 2. The number of halogens is 2. The van der Waals surface area contributed by atoms with Crippen LogP contribution in [0.15, 0.2) is 54.7 Å². The predicted octanol–water partition coefficient (Wildman–Crippen LogP) is 5.71. The smallest absolute Gasteiger partial charge is 0.280 e. The van der Waals surface area contributed by atoms with Gasteiger partial charge in [0.25, 0.3) is 11.8 Å². The van der Waals surface area contributed by atoms with Crippen LogP contribution in [0, 0.1) is 0 Å². The monoisotopic (exact) mass is 563 g/mol. The van der Waals surface area contributed by atoms with Crippen molar-refractivity contribution in [3.05, 3.63) is 81.7 Å². The van der Waals surface area contributed by atoms with Crippen molar-refractivity contribution < 1.29 is 19.1 Å². The highest BCUT2D eigenvalue weighted by atomic mass is 35.5. The van der Waals surface area contributed by atoms with E-state index in [0.29, 0.717) is 55.7 Å². The molecular formula is C28H23Cl2N5O4. The number of fused-ring (bicyclic) bond motifs is 4. The molecule has 9 nitrogen and oxygen atoms in total. The van der Waals surface area contributed by atoms with Gasteiger partial charge in [-0.15, -0.1) is 0 Å². The van der Waals surface area contributed by atoms with Gasteiger partial charge in [0, 0.05) is 45.3 Å². The lowest BCUT2D eigenvalue weighted by molar-refractivity contribution is -0.119. The average molecular weight is 564 g/mol. The van der Waals surface area contributed by atoms with E-state index in [1.165, 1.54) is 19.1 Å². The number of nitrogens with one attached hydrogen (secondary N) is 1. The number of carbonyl (C=O) groups is 2. The molecule has 0 saturated heterocycles. The highest BCUT2D eigenvalue weighted by Gasteiger charge is 2.64. The van der Waals surface area contributed by atoms with E-state index in [2.05, 4.69) is 10.3 Å². The number of imidazole rings is 1. The maximum atomic E-state index is 14.3. The summed E-state index contributed by atoms with van der Waals surface area (Å²) in [6, 6.07) is 13.4. The summed E-state index contributed by atoms with van der Waals surface area (Å²) in [6.45, 7) is 3.93. The fourth-order valence-electron chi connectivity index (χ4n) is 5.51. The topological polar surface area (TPSA) is 98.6 Å². The Bertz CT molecular complexity index is 1680. The maximum absolute atomic E-state index is 14.3. The zero-order valence-corrected chi connectivity index (χ0v) is 23.0. The molecule has 1 atom stereocenters. The highest BCUT2D eigenvalue weighted by molar-refractivity contribution is 6.32. The lowest BCUT2D eigenvalue weighted by Crippen LogP contribution is -2.51. The van der Waals surface area contributed by atoms with Gasteiger partial charge in [-0.1, -0.05) is 35.3 Å². The number of benzene rings is 2. The molecule has 2 aromatic heterocycles. The first kappa shape index (κ1) is 25.2. The van der Waals surface area contributed by atoms with Crippen molar-refractivity contribution in [2.45, 2.75) is 25.4 Å². The van der Waals surface area contributed by atoms with Crippen LogP contribution in [0.25, 0.3) is 11.4 Å². The minimum Gasteiger partial charge on any atom is -0.496 e. The van der Waals surface area contributed by atoms with Crippen LogP contribution >= 0.6 is 23.2 Å². The Morgan fingerprint density at radius 3 is 2.46 bits per heavy atom. The van der Waals surface area contributed by atoms with E-state index >= 15 is 0 Å². The Hall–Kier alpha value is -4.08. The summed E-state index contributed by atoms with van der Waals surface area (Å²) < 4.78 is 12.8. The number of nitrogens with zero attached hydrogens (tertiary/aromatic N) is 4. The molecule has 0 saturated carbocycles. The van der Waals surface area contributed by atoms with Gasteiger partial charge in [0.05, 0.1) is 25.5 Å². The van der Waals surface area contributed by atoms with Crippen molar-refractivity contribution in [2.75, 3.05) is 24.4 Å². The number of rotatable bonds is 5. The molecule has 4 heterocycles. The van der Waals surface area contributed by atoms with E-state index < -0.39 is 17.4 Å². The second-order valence-electron chi connectivity index (χ2n) is 9.50. The minimum atomic E-state index is -1.57. The summed E-state index contributed by atoms with van der Waals surface area (Å²) >= 11 is 12.6. The molecule has 198 valence electrons. The molecule has 6 rings (SSSR count). The number of amides is 2. The number of ether oxygens (including phenoxy) is 2. The van der Waals surface area contributed by atoms with Gasteiger partial charge in [0.15, 0.2) is 11.2 Å². The van der Waals surface area contributed by atoms with E-state index in [1.54, 1.807) is 54.7 Å². The van der Waals surface area contributed by atoms with Crippen LogP contribution in [0.4, 0.5) is 11.4 Å². The molecule has 0 bridgehead atoms. The summed E-state index contributed by atoms with van der Waals surface area (Å²) in [5, 5.41) is 3.84. The molecule has 1 unspecified atom stereocenters. The van der Waals surface area contributed by atoms with Crippen LogP contribution in [0.2, 0.25) is 10.0 Å². The largest absolute Gasteiger partial charge is 0.496 e. The summed E-state index contributed by atoms with van der Waals surface area (Å²) in [5.41, 5.74) is 1.12. The summed E-state index contributed by atoms with van der Waals surface area (Å²) in [5.74, 6) is 0.428. The van der Waals surface area contributed by atoms with E-state index in [9.17, 15) is 9.59 Å².